The van der Waals surface area contributed by atoms with Crippen LogP contribution in [0.25, 0.3) is 0 Å². The third kappa shape index (κ3) is 3.51. The van der Waals surface area contributed by atoms with Crippen LogP contribution in [0.4, 0.5) is 0 Å². The van der Waals surface area contributed by atoms with E-state index in [-0.39, 0.29) is 23.3 Å². The lowest BCUT2D eigenvalue weighted by atomic mass is 10.2. The molecule has 22 heavy (non-hydrogen) atoms. The first-order chi connectivity index (χ1) is 9.95. The number of rotatable bonds is 5. The van der Waals surface area contributed by atoms with Crippen molar-refractivity contribution >= 4 is 38.4 Å². The Hall–Kier alpha value is -0.540. The standard InChI is InChI=1S/C13H19BrN2O4S.ClH/c1-19-11-6-10(14)13(7-12(11)20-2)21(17,18)16-5-3-4-9(16)8-15;/h6-7,9H,3-5,8,15H2,1-2H3;1H. The maximum Gasteiger partial charge on any atom is 0.244 e. The van der Waals surface area contributed by atoms with E-state index in [9.17, 15) is 8.42 Å². The van der Waals surface area contributed by atoms with E-state index in [1.165, 1.54) is 24.6 Å². The first-order valence-corrected chi connectivity index (χ1v) is 8.82. The Morgan fingerprint density at radius 1 is 1.32 bits per heavy atom. The van der Waals surface area contributed by atoms with Gasteiger partial charge in [-0.05, 0) is 34.8 Å². The van der Waals surface area contributed by atoms with E-state index in [4.69, 9.17) is 15.2 Å². The van der Waals surface area contributed by atoms with E-state index in [0.29, 0.717) is 29.1 Å². The number of halogens is 2. The van der Waals surface area contributed by atoms with Crippen LogP contribution in [0.15, 0.2) is 21.5 Å². The molecular weight excluding hydrogens is 396 g/mol. The van der Waals surface area contributed by atoms with Crippen molar-refractivity contribution in [3.05, 3.63) is 16.6 Å². The van der Waals surface area contributed by atoms with E-state index < -0.39 is 10.0 Å². The molecule has 0 amide bonds. The van der Waals surface area contributed by atoms with Crippen LogP contribution in [0.5, 0.6) is 11.5 Å². The summed E-state index contributed by atoms with van der Waals surface area (Å²) in [5, 5.41) is 0. The Labute approximate surface area is 145 Å². The number of nitrogens with two attached hydrogens (primary N) is 1. The fourth-order valence-corrected chi connectivity index (χ4v) is 5.22. The van der Waals surface area contributed by atoms with E-state index in [1.54, 1.807) is 6.07 Å². The summed E-state index contributed by atoms with van der Waals surface area (Å²) in [6, 6.07) is 2.93. The fourth-order valence-electron chi connectivity index (χ4n) is 2.52. The maximum absolute atomic E-state index is 12.8. The Morgan fingerprint density at radius 2 is 1.91 bits per heavy atom. The number of ether oxygens (including phenoxy) is 2. The average Bonchev–Trinajstić information content (AvgIpc) is 2.95. The summed E-state index contributed by atoms with van der Waals surface area (Å²) in [5.41, 5.74) is 5.68. The van der Waals surface area contributed by atoms with Gasteiger partial charge >= 0.3 is 0 Å². The van der Waals surface area contributed by atoms with Gasteiger partial charge in [0.1, 0.15) is 4.90 Å². The highest BCUT2D eigenvalue weighted by atomic mass is 79.9. The Bertz CT molecular complexity index is 627. The molecule has 126 valence electrons. The zero-order valence-electron chi connectivity index (χ0n) is 12.4. The van der Waals surface area contributed by atoms with Gasteiger partial charge < -0.3 is 15.2 Å². The zero-order valence-corrected chi connectivity index (χ0v) is 15.6. The van der Waals surface area contributed by atoms with Crippen LogP contribution in [0.3, 0.4) is 0 Å². The number of hydrogen-bond donors (Lipinski definition) is 1. The van der Waals surface area contributed by atoms with E-state index in [2.05, 4.69) is 15.9 Å². The first kappa shape index (κ1) is 19.5. The lowest BCUT2D eigenvalue weighted by Crippen LogP contribution is -2.39. The van der Waals surface area contributed by atoms with Crippen molar-refractivity contribution in [3.63, 3.8) is 0 Å². The molecule has 2 N–H and O–H groups in total. The van der Waals surface area contributed by atoms with Crippen molar-refractivity contribution < 1.29 is 17.9 Å². The number of sulfonamides is 1. The minimum Gasteiger partial charge on any atom is -0.493 e. The molecule has 1 aromatic carbocycles. The molecule has 1 unspecified atom stereocenters. The topological polar surface area (TPSA) is 81.9 Å². The van der Waals surface area contributed by atoms with Gasteiger partial charge in [-0.3, -0.25) is 0 Å². The molecule has 0 aliphatic carbocycles. The molecule has 9 heteroatoms. The van der Waals surface area contributed by atoms with Crippen LogP contribution in [0, 0.1) is 0 Å². The van der Waals surface area contributed by atoms with Crippen molar-refractivity contribution in [2.75, 3.05) is 27.3 Å². The van der Waals surface area contributed by atoms with E-state index in [1.807, 2.05) is 0 Å². The van der Waals surface area contributed by atoms with Crippen LogP contribution >= 0.6 is 28.3 Å². The van der Waals surface area contributed by atoms with Crippen LogP contribution in [-0.4, -0.2) is 46.1 Å². The third-order valence-corrected chi connectivity index (χ3v) is 6.53. The molecule has 1 atom stereocenters. The third-order valence-electron chi connectivity index (χ3n) is 3.62. The van der Waals surface area contributed by atoms with E-state index >= 15 is 0 Å². The van der Waals surface area contributed by atoms with Crippen molar-refractivity contribution in [1.82, 2.24) is 4.31 Å². The zero-order chi connectivity index (χ0) is 15.6. The second-order valence-corrected chi connectivity index (χ2v) is 7.50. The van der Waals surface area contributed by atoms with Crippen molar-refractivity contribution in [2.24, 2.45) is 5.73 Å². The Balaban J connectivity index is 0.00000242. The molecule has 0 radical (unpaired) electrons. The highest BCUT2D eigenvalue weighted by molar-refractivity contribution is 9.10. The molecule has 6 nitrogen and oxygen atoms in total. The lowest BCUT2D eigenvalue weighted by molar-refractivity contribution is 0.352. The second-order valence-electron chi connectivity index (χ2n) is 4.79. The highest BCUT2D eigenvalue weighted by Gasteiger charge is 2.36. The Morgan fingerprint density at radius 3 is 2.45 bits per heavy atom. The normalized spacial score (nSPS) is 18.8. The summed E-state index contributed by atoms with van der Waals surface area (Å²) < 4.78 is 37.9. The van der Waals surface area contributed by atoms with Gasteiger partial charge in [-0.2, -0.15) is 4.31 Å². The smallest absolute Gasteiger partial charge is 0.244 e. The lowest BCUT2D eigenvalue weighted by Gasteiger charge is -2.24. The van der Waals surface area contributed by atoms with Crippen LogP contribution in [0.1, 0.15) is 12.8 Å². The summed E-state index contributed by atoms with van der Waals surface area (Å²) in [5.74, 6) is 0.850. The van der Waals surface area contributed by atoms with Gasteiger partial charge in [0.25, 0.3) is 0 Å². The van der Waals surface area contributed by atoms with Crippen LogP contribution in [0.2, 0.25) is 0 Å². The van der Waals surface area contributed by atoms with Gasteiger partial charge in [0, 0.05) is 29.7 Å². The summed E-state index contributed by atoms with van der Waals surface area (Å²) in [4.78, 5) is 0.167. The molecule has 0 aromatic heterocycles. The molecule has 1 aliphatic heterocycles. The van der Waals surface area contributed by atoms with Gasteiger partial charge in [-0.1, -0.05) is 0 Å². The minimum absolute atomic E-state index is 0. The Kier molecular flexibility index (Phi) is 6.94. The van der Waals surface area contributed by atoms with Crippen LogP contribution in [-0.2, 0) is 10.0 Å². The van der Waals surface area contributed by atoms with Gasteiger partial charge in [-0.25, -0.2) is 8.42 Å². The SMILES string of the molecule is COc1cc(Br)c(S(=O)(=O)N2CCCC2CN)cc1OC.Cl. The van der Waals surface area contributed by atoms with E-state index in [0.717, 1.165) is 12.8 Å². The van der Waals surface area contributed by atoms with Crippen molar-refractivity contribution in [2.45, 2.75) is 23.8 Å². The predicted octanol–water partition coefficient (Wildman–Crippen LogP) is 2.00. The van der Waals surface area contributed by atoms with Gasteiger partial charge in [0.15, 0.2) is 11.5 Å². The molecular formula is C13H20BrClN2O4S. The van der Waals surface area contributed by atoms with Gasteiger partial charge in [0.05, 0.1) is 14.2 Å². The largest absolute Gasteiger partial charge is 0.493 e. The van der Waals surface area contributed by atoms with Crippen LogP contribution < -0.4 is 15.2 Å². The molecule has 0 bridgehead atoms. The second kappa shape index (κ2) is 7.83. The number of benzene rings is 1. The maximum atomic E-state index is 12.8. The molecule has 1 heterocycles. The minimum atomic E-state index is -3.62. The van der Waals surface area contributed by atoms with Gasteiger partial charge in [-0.15, -0.1) is 12.4 Å². The highest BCUT2D eigenvalue weighted by Crippen LogP contribution is 2.38. The summed E-state index contributed by atoms with van der Waals surface area (Å²) in [7, 11) is -0.641. The molecule has 1 fully saturated rings. The predicted molar refractivity (Wildman–Crippen MR) is 90.5 cm³/mol. The molecule has 1 aromatic rings. The quantitative estimate of drug-likeness (QED) is 0.795. The molecule has 1 saturated heterocycles. The number of nitrogens with zero attached hydrogens (tertiary/aromatic N) is 1. The summed E-state index contributed by atoms with van der Waals surface area (Å²) in [6.07, 6.45) is 1.62. The average molecular weight is 416 g/mol. The number of methoxy groups -OCH3 is 2. The van der Waals surface area contributed by atoms with Crippen molar-refractivity contribution in [1.29, 1.82) is 0 Å². The summed E-state index contributed by atoms with van der Waals surface area (Å²) in [6.45, 7) is 0.815. The number of hydrogen-bond acceptors (Lipinski definition) is 5. The molecule has 2 rings (SSSR count). The first-order valence-electron chi connectivity index (χ1n) is 6.59. The van der Waals surface area contributed by atoms with Crippen molar-refractivity contribution in [3.8, 4) is 11.5 Å². The fraction of sp³-hybridized carbons (Fsp3) is 0.538. The summed E-state index contributed by atoms with van der Waals surface area (Å²) >= 11 is 3.30. The molecule has 0 saturated carbocycles. The molecule has 0 spiro atoms. The molecule has 1 aliphatic rings. The monoisotopic (exact) mass is 414 g/mol. The van der Waals surface area contributed by atoms with Gasteiger partial charge in [0.2, 0.25) is 10.0 Å².